The number of ether oxygens (including phenoxy) is 2. The third-order valence-electron chi connectivity index (χ3n) is 5.55. The van der Waals surface area contributed by atoms with Gasteiger partial charge in [0.1, 0.15) is 5.76 Å². The number of Topliss-reactive ketones (excluding diaryl/α,β-unsaturated/α-hetero) is 1. The topological polar surface area (TPSA) is 89.0 Å². The van der Waals surface area contributed by atoms with Gasteiger partial charge in [-0.05, 0) is 60.5 Å². The Morgan fingerprint density at radius 2 is 1.70 bits per heavy atom. The molecule has 1 aromatic heterocycles. The van der Waals surface area contributed by atoms with Gasteiger partial charge in [-0.15, -0.1) is 0 Å². The van der Waals surface area contributed by atoms with E-state index in [4.69, 9.17) is 21.1 Å². The summed E-state index contributed by atoms with van der Waals surface area (Å²) < 4.78 is 10.6. The van der Waals surface area contributed by atoms with Crippen LogP contribution in [0.5, 0.6) is 11.5 Å². The van der Waals surface area contributed by atoms with E-state index in [0.717, 1.165) is 5.56 Å². The zero-order valence-electron chi connectivity index (χ0n) is 18.2. The van der Waals surface area contributed by atoms with Gasteiger partial charge in [0, 0.05) is 28.7 Å². The van der Waals surface area contributed by atoms with E-state index in [9.17, 15) is 14.7 Å². The number of carbonyl (C=O) groups excluding carboxylic acids is 2. The van der Waals surface area contributed by atoms with Crippen LogP contribution >= 0.6 is 11.6 Å². The molecule has 1 saturated heterocycles. The summed E-state index contributed by atoms with van der Waals surface area (Å²) in [6.45, 7) is 1.82. The number of hydrogen-bond donors (Lipinski definition) is 1. The van der Waals surface area contributed by atoms with Crippen LogP contribution in [0.3, 0.4) is 0 Å². The molecule has 4 rings (SSSR count). The molecule has 2 heterocycles. The Morgan fingerprint density at radius 3 is 2.36 bits per heavy atom. The minimum absolute atomic E-state index is 0.0437. The first-order chi connectivity index (χ1) is 15.9. The number of ketones is 1. The lowest BCUT2D eigenvalue weighted by Gasteiger charge is -2.27. The molecule has 0 aliphatic carbocycles. The molecule has 1 unspecified atom stereocenters. The first-order valence-corrected chi connectivity index (χ1v) is 10.4. The molecular weight excluding hydrogens is 444 g/mol. The lowest BCUT2D eigenvalue weighted by molar-refractivity contribution is -0.132. The van der Waals surface area contributed by atoms with Crippen molar-refractivity contribution in [3.8, 4) is 11.5 Å². The second-order valence-electron chi connectivity index (χ2n) is 7.45. The first kappa shape index (κ1) is 22.4. The Hall–Kier alpha value is -3.84. The van der Waals surface area contributed by atoms with E-state index in [-0.39, 0.29) is 11.3 Å². The van der Waals surface area contributed by atoms with E-state index in [1.54, 1.807) is 60.9 Å². The van der Waals surface area contributed by atoms with E-state index < -0.39 is 17.7 Å². The molecule has 3 aromatic rings. The van der Waals surface area contributed by atoms with Crippen LogP contribution in [-0.4, -0.2) is 36.0 Å². The number of benzene rings is 2. The van der Waals surface area contributed by atoms with Crippen LogP contribution in [0.4, 0.5) is 5.69 Å². The summed E-state index contributed by atoms with van der Waals surface area (Å²) >= 11 is 6.21. The molecule has 1 atom stereocenters. The molecule has 168 valence electrons. The molecule has 1 amide bonds. The number of methoxy groups -OCH3 is 2. The third kappa shape index (κ3) is 3.91. The molecule has 1 N–H and O–H groups in total. The molecule has 0 radical (unpaired) electrons. The largest absolute Gasteiger partial charge is 0.507 e. The number of amides is 1. The second-order valence-corrected chi connectivity index (χ2v) is 7.89. The minimum Gasteiger partial charge on any atom is -0.507 e. The predicted molar refractivity (Wildman–Crippen MR) is 125 cm³/mol. The average Bonchev–Trinajstić information content (AvgIpc) is 3.10. The number of hydrogen-bond acceptors (Lipinski definition) is 6. The molecular formula is C25H21ClN2O5. The quantitative estimate of drug-likeness (QED) is 0.335. The summed E-state index contributed by atoms with van der Waals surface area (Å²) in [4.78, 5) is 31.9. The van der Waals surface area contributed by atoms with Gasteiger partial charge in [0.05, 0.1) is 25.8 Å². The predicted octanol–water partition coefficient (Wildman–Crippen LogP) is 4.69. The van der Waals surface area contributed by atoms with Crippen LogP contribution in [0.1, 0.15) is 22.7 Å². The van der Waals surface area contributed by atoms with Crippen molar-refractivity contribution in [1.29, 1.82) is 0 Å². The van der Waals surface area contributed by atoms with Crippen molar-refractivity contribution in [3.05, 3.63) is 88.2 Å². The molecule has 0 spiro atoms. The van der Waals surface area contributed by atoms with Gasteiger partial charge in [-0.25, -0.2) is 0 Å². The van der Waals surface area contributed by atoms with Crippen LogP contribution in [0.2, 0.25) is 5.02 Å². The monoisotopic (exact) mass is 464 g/mol. The fraction of sp³-hybridized carbons (Fsp3) is 0.160. The van der Waals surface area contributed by atoms with Crippen molar-refractivity contribution in [2.24, 2.45) is 0 Å². The molecule has 1 aliphatic heterocycles. The smallest absolute Gasteiger partial charge is 0.300 e. The lowest BCUT2D eigenvalue weighted by atomic mass is 9.95. The first-order valence-electron chi connectivity index (χ1n) is 10.1. The van der Waals surface area contributed by atoms with Crippen LogP contribution < -0.4 is 14.4 Å². The maximum atomic E-state index is 13.3. The van der Waals surface area contributed by atoms with Crippen LogP contribution in [0, 0.1) is 6.92 Å². The fourth-order valence-electron chi connectivity index (χ4n) is 3.92. The summed E-state index contributed by atoms with van der Waals surface area (Å²) in [5.74, 6) is -1.04. The minimum atomic E-state index is -0.877. The molecule has 33 heavy (non-hydrogen) atoms. The van der Waals surface area contributed by atoms with Crippen LogP contribution in [-0.2, 0) is 9.59 Å². The molecule has 1 aliphatic rings. The maximum absolute atomic E-state index is 13.3. The van der Waals surface area contributed by atoms with Crippen molar-refractivity contribution in [3.63, 3.8) is 0 Å². The molecule has 8 heteroatoms. The number of aliphatic hydroxyl groups is 1. The van der Waals surface area contributed by atoms with Crippen molar-refractivity contribution in [1.82, 2.24) is 4.98 Å². The Kier molecular flexibility index (Phi) is 6.07. The number of anilines is 1. The van der Waals surface area contributed by atoms with Crippen molar-refractivity contribution in [2.75, 3.05) is 19.1 Å². The van der Waals surface area contributed by atoms with Gasteiger partial charge in [0.15, 0.2) is 11.5 Å². The highest BCUT2D eigenvalue weighted by Gasteiger charge is 2.47. The van der Waals surface area contributed by atoms with E-state index in [1.807, 2.05) is 6.92 Å². The number of halogens is 1. The van der Waals surface area contributed by atoms with Gasteiger partial charge in [-0.3, -0.25) is 19.5 Å². The van der Waals surface area contributed by atoms with E-state index in [1.165, 1.54) is 19.1 Å². The fourth-order valence-corrected chi connectivity index (χ4v) is 4.09. The Bertz CT molecular complexity index is 1270. The summed E-state index contributed by atoms with van der Waals surface area (Å²) in [5, 5.41) is 11.7. The highest BCUT2D eigenvalue weighted by molar-refractivity contribution is 6.52. The number of aromatic nitrogens is 1. The second kappa shape index (κ2) is 8.96. The van der Waals surface area contributed by atoms with Crippen molar-refractivity contribution < 1.29 is 24.2 Å². The van der Waals surface area contributed by atoms with Gasteiger partial charge in [-0.2, -0.15) is 0 Å². The maximum Gasteiger partial charge on any atom is 0.300 e. The zero-order chi connectivity index (χ0) is 23.7. The summed E-state index contributed by atoms with van der Waals surface area (Å²) in [6.07, 6.45) is 3.13. The van der Waals surface area contributed by atoms with Gasteiger partial charge in [-0.1, -0.05) is 17.7 Å². The molecule has 0 bridgehead atoms. The average molecular weight is 465 g/mol. The number of aryl methyl sites for hydroxylation is 1. The molecule has 7 nitrogen and oxygen atoms in total. The van der Waals surface area contributed by atoms with Gasteiger partial charge >= 0.3 is 0 Å². The summed E-state index contributed by atoms with van der Waals surface area (Å²) in [5.41, 5.74) is 2.13. The normalized spacial score (nSPS) is 17.3. The summed E-state index contributed by atoms with van der Waals surface area (Å²) in [6, 6.07) is 12.4. The highest BCUT2D eigenvalue weighted by atomic mass is 35.5. The Balaban J connectivity index is 1.96. The number of pyridine rings is 1. The molecule has 0 saturated carbocycles. The standard InChI is InChI=1S/C25H21ClN2O5/c1-14-4-6-17(26)13-18(14)28-22(15-8-10-27-11-9-15)21(24(30)25(28)31)23(29)16-5-7-19(32-2)20(12-16)33-3/h4-13,22,29H,1-3H3/b23-21+. The highest BCUT2D eigenvalue weighted by Crippen LogP contribution is 2.44. The number of nitrogens with zero attached hydrogens (tertiary/aromatic N) is 2. The summed E-state index contributed by atoms with van der Waals surface area (Å²) in [7, 11) is 2.97. The third-order valence-corrected chi connectivity index (χ3v) is 5.79. The van der Waals surface area contributed by atoms with Gasteiger partial charge in [0.2, 0.25) is 0 Å². The van der Waals surface area contributed by atoms with Gasteiger partial charge in [0.25, 0.3) is 11.7 Å². The van der Waals surface area contributed by atoms with Gasteiger partial charge < -0.3 is 14.6 Å². The van der Waals surface area contributed by atoms with Crippen molar-refractivity contribution in [2.45, 2.75) is 13.0 Å². The van der Waals surface area contributed by atoms with E-state index in [0.29, 0.717) is 33.3 Å². The van der Waals surface area contributed by atoms with E-state index >= 15 is 0 Å². The zero-order valence-corrected chi connectivity index (χ0v) is 19.0. The molecule has 2 aromatic carbocycles. The van der Waals surface area contributed by atoms with E-state index in [2.05, 4.69) is 4.98 Å². The number of aliphatic hydroxyl groups excluding tert-OH is 1. The SMILES string of the molecule is COc1ccc(/C(O)=C2\C(=O)C(=O)N(c3cc(Cl)ccc3C)C2c2ccncc2)cc1OC. The van der Waals surface area contributed by atoms with Crippen LogP contribution in [0.15, 0.2) is 66.5 Å². The Labute approximate surface area is 195 Å². The Morgan fingerprint density at radius 1 is 1.00 bits per heavy atom. The number of rotatable bonds is 5. The lowest BCUT2D eigenvalue weighted by Crippen LogP contribution is -2.30. The number of carbonyl (C=O) groups is 2. The van der Waals surface area contributed by atoms with Crippen molar-refractivity contribution >= 4 is 34.7 Å². The molecule has 1 fully saturated rings. The van der Waals surface area contributed by atoms with Crippen LogP contribution in [0.25, 0.3) is 5.76 Å².